The number of carbonyl (C=O) groups is 1. The Labute approximate surface area is 191 Å². The molecule has 1 heterocycles. The number of alkyl carbamates (subject to hydrolysis) is 1. The Bertz CT molecular complexity index is 632. The summed E-state index contributed by atoms with van der Waals surface area (Å²) in [6.07, 6.45) is 4.50. The average molecular weight is 453 g/mol. The molecule has 1 aromatic rings. The minimum absolute atomic E-state index is 0.0918. The minimum atomic E-state index is -1.32. The van der Waals surface area contributed by atoms with Gasteiger partial charge in [0.05, 0.1) is 6.61 Å². The fraction of sp³-hybridized carbons (Fsp3) is 0.708. The van der Waals surface area contributed by atoms with Crippen LogP contribution in [0.15, 0.2) is 30.3 Å². The summed E-state index contributed by atoms with van der Waals surface area (Å²) in [5.41, 5.74) is 0.841. The number of hydrogen-bond donors (Lipinski definition) is 5. The van der Waals surface area contributed by atoms with E-state index in [-0.39, 0.29) is 6.61 Å². The van der Waals surface area contributed by atoms with Crippen molar-refractivity contribution < 1.29 is 29.6 Å². The van der Waals surface area contributed by atoms with Crippen molar-refractivity contribution in [2.24, 2.45) is 0 Å². The number of rotatable bonds is 14. The normalized spacial score (nSPS) is 25.4. The van der Waals surface area contributed by atoms with Gasteiger partial charge in [-0.1, -0.05) is 82.2 Å². The summed E-state index contributed by atoms with van der Waals surface area (Å²) in [7, 11) is 0. The Balaban J connectivity index is 1.80. The number of aliphatic hydroxyl groups is 3. The van der Waals surface area contributed by atoms with E-state index in [2.05, 4.69) is 17.6 Å². The quantitative estimate of drug-likeness (QED) is 0.275. The number of unbranched alkanes of at least 4 members (excludes halogenated alkanes) is 7. The van der Waals surface area contributed by atoms with E-state index in [0.29, 0.717) is 6.54 Å². The number of benzene rings is 1. The number of aliphatic hydroxyl groups excluding tert-OH is 3. The van der Waals surface area contributed by atoms with E-state index in [4.69, 9.17) is 9.47 Å². The molecule has 0 radical (unpaired) electrons. The molecule has 5 N–H and O–H groups in total. The molecule has 2 rings (SSSR count). The Kier molecular flexibility index (Phi) is 12.6. The lowest BCUT2D eigenvalue weighted by molar-refractivity contribution is -0.200. The second-order valence-corrected chi connectivity index (χ2v) is 8.42. The Hall–Kier alpha value is -1.71. The summed E-state index contributed by atoms with van der Waals surface area (Å²) in [4.78, 5) is 12.3. The molecule has 0 aliphatic carbocycles. The molecule has 0 saturated carbocycles. The fourth-order valence-electron chi connectivity index (χ4n) is 3.86. The number of nitrogens with one attached hydrogen (secondary N) is 2. The zero-order valence-corrected chi connectivity index (χ0v) is 19.1. The van der Waals surface area contributed by atoms with Crippen molar-refractivity contribution in [3.63, 3.8) is 0 Å². The zero-order chi connectivity index (χ0) is 23.2. The van der Waals surface area contributed by atoms with Crippen molar-refractivity contribution in [3.8, 4) is 0 Å². The van der Waals surface area contributed by atoms with Crippen LogP contribution in [0.1, 0.15) is 63.9 Å². The Morgan fingerprint density at radius 3 is 2.31 bits per heavy atom. The minimum Gasteiger partial charge on any atom is -0.445 e. The van der Waals surface area contributed by atoms with Crippen LogP contribution in [-0.4, -0.2) is 65.1 Å². The van der Waals surface area contributed by atoms with Gasteiger partial charge in [-0.25, -0.2) is 4.79 Å². The predicted molar refractivity (Wildman–Crippen MR) is 122 cm³/mol. The van der Waals surface area contributed by atoms with E-state index in [0.717, 1.165) is 18.4 Å². The number of ether oxygens (including phenoxy) is 2. The highest BCUT2D eigenvalue weighted by atomic mass is 16.6. The fourth-order valence-corrected chi connectivity index (χ4v) is 3.86. The highest BCUT2D eigenvalue weighted by Crippen LogP contribution is 2.20. The smallest absolute Gasteiger partial charge is 0.407 e. The van der Waals surface area contributed by atoms with Gasteiger partial charge >= 0.3 is 6.09 Å². The van der Waals surface area contributed by atoms with Gasteiger partial charge in [0.2, 0.25) is 0 Å². The van der Waals surface area contributed by atoms with E-state index in [9.17, 15) is 20.1 Å². The monoisotopic (exact) mass is 452 g/mol. The van der Waals surface area contributed by atoms with Crippen molar-refractivity contribution >= 4 is 6.09 Å². The average Bonchev–Trinajstić information content (AvgIpc) is 2.81. The van der Waals surface area contributed by atoms with Gasteiger partial charge in [0.1, 0.15) is 37.2 Å². The van der Waals surface area contributed by atoms with Gasteiger partial charge in [-0.3, -0.25) is 5.32 Å². The predicted octanol–water partition coefficient (Wildman–Crippen LogP) is 2.45. The van der Waals surface area contributed by atoms with Crippen molar-refractivity contribution in [1.82, 2.24) is 10.6 Å². The van der Waals surface area contributed by atoms with Gasteiger partial charge in [-0.2, -0.15) is 0 Å². The molecule has 1 saturated heterocycles. The molecule has 32 heavy (non-hydrogen) atoms. The molecular formula is C24H40N2O6. The Morgan fingerprint density at radius 1 is 1.00 bits per heavy atom. The molecule has 0 unspecified atom stereocenters. The first-order chi connectivity index (χ1) is 15.6. The standard InChI is InChI=1S/C24H40N2O6/c1-2-3-4-5-6-7-8-12-15-25-23-20(22(29)21(28)19(16-27)32-23)26-24(30)31-17-18-13-10-9-11-14-18/h9-11,13-14,19-23,25,27-29H,2-8,12,15-17H2,1H3,(H,26,30)/t19-,20-,21-,22-,23-/m1/s1. The summed E-state index contributed by atoms with van der Waals surface area (Å²) in [5, 5.41) is 36.0. The first-order valence-electron chi connectivity index (χ1n) is 11.9. The summed E-state index contributed by atoms with van der Waals surface area (Å²) in [6.45, 7) is 2.51. The summed E-state index contributed by atoms with van der Waals surface area (Å²) < 4.78 is 11.0. The van der Waals surface area contributed by atoms with Crippen molar-refractivity contribution in [1.29, 1.82) is 0 Å². The number of carbonyl (C=O) groups excluding carboxylic acids is 1. The molecule has 0 bridgehead atoms. The van der Waals surface area contributed by atoms with Crippen LogP contribution < -0.4 is 10.6 Å². The third-order valence-electron chi connectivity index (χ3n) is 5.80. The topological polar surface area (TPSA) is 120 Å². The molecule has 0 aromatic heterocycles. The molecule has 8 nitrogen and oxygen atoms in total. The lowest BCUT2D eigenvalue weighted by Gasteiger charge is -2.42. The van der Waals surface area contributed by atoms with Gasteiger partial charge in [-0.05, 0) is 18.5 Å². The molecule has 8 heteroatoms. The van der Waals surface area contributed by atoms with Crippen molar-refractivity contribution in [2.75, 3.05) is 13.2 Å². The molecule has 5 atom stereocenters. The van der Waals surface area contributed by atoms with Gasteiger partial charge in [0.15, 0.2) is 0 Å². The van der Waals surface area contributed by atoms with Gasteiger partial charge in [0, 0.05) is 0 Å². The molecule has 182 valence electrons. The Morgan fingerprint density at radius 2 is 1.66 bits per heavy atom. The molecule has 1 fully saturated rings. The molecule has 1 amide bonds. The van der Waals surface area contributed by atoms with Gasteiger partial charge < -0.3 is 30.1 Å². The molecule has 1 aliphatic rings. The molecule has 1 aromatic carbocycles. The first kappa shape index (κ1) is 26.5. The molecular weight excluding hydrogens is 412 g/mol. The van der Waals surface area contributed by atoms with Crippen LogP contribution in [0.5, 0.6) is 0 Å². The third-order valence-corrected chi connectivity index (χ3v) is 5.80. The molecule has 1 aliphatic heterocycles. The van der Waals surface area contributed by atoms with Crippen LogP contribution in [0, 0.1) is 0 Å². The summed E-state index contributed by atoms with van der Waals surface area (Å²) >= 11 is 0. The maximum atomic E-state index is 12.3. The van der Waals surface area contributed by atoms with Crippen molar-refractivity contribution in [2.45, 2.75) is 95.5 Å². The second kappa shape index (κ2) is 15.2. The van der Waals surface area contributed by atoms with Crippen LogP contribution in [0.2, 0.25) is 0 Å². The van der Waals surface area contributed by atoms with Gasteiger partial charge in [-0.15, -0.1) is 0 Å². The van der Waals surface area contributed by atoms with Crippen molar-refractivity contribution in [3.05, 3.63) is 35.9 Å². The van der Waals surface area contributed by atoms with Crippen LogP contribution in [0.25, 0.3) is 0 Å². The number of hydrogen-bond acceptors (Lipinski definition) is 7. The van der Waals surface area contributed by atoms with Crippen LogP contribution >= 0.6 is 0 Å². The third kappa shape index (κ3) is 9.03. The first-order valence-corrected chi connectivity index (χ1v) is 11.9. The number of amides is 1. The maximum Gasteiger partial charge on any atom is 0.407 e. The highest BCUT2D eigenvalue weighted by molar-refractivity contribution is 5.67. The summed E-state index contributed by atoms with van der Waals surface area (Å²) in [6, 6.07) is 8.36. The van der Waals surface area contributed by atoms with E-state index in [1.807, 2.05) is 30.3 Å². The van der Waals surface area contributed by atoms with E-state index in [1.54, 1.807) is 0 Å². The summed E-state index contributed by atoms with van der Waals surface area (Å²) in [5.74, 6) is 0. The SMILES string of the molecule is CCCCCCCCCCN[C@@H]1O[C@H](CO)[C@@H](O)[C@H](O)[C@H]1NC(=O)OCc1ccccc1. The largest absolute Gasteiger partial charge is 0.445 e. The maximum absolute atomic E-state index is 12.3. The molecule has 0 spiro atoms. The van der Waals surface area contributed by atoms with Crippen LogP contribution in [0.4, 0.5) is 4.79 Å². The van der Waals surface area contributed by atoms with E-state index in [1.165, 1.54) is 38.5 Å². The lowest BCUT2D eigenvalue weighted by Crippen LogP contribution is -2.67. The van der Waals surface area contributed by atoms with Crippen LogP contribution in [-0.2, 0) is 16.1 Å². The van der Waals surface area contributed by atoms with Gasteiger partial charge in [0.25, 0.3) is 0 Å². The second-order valence-electron chi connectivity index (χ2n) is 8.42. The van der Waals surface area contributed by atoms with E-state index >= 15 is 0 Å². The van der Waals surface area contributed by atoms with E-state index < -0.39 is 43.3 Å². The van der Waals surface area contributed by atoms with Crippen LogP contribution in [0.3, 0.4) is 0 Å². The zero-order valence-electron chi connectivity index (χ0n) is 19.1. The lowest BCUT2D eigenvalue weighted by atomic mass is 9.96. The highest BCUT2D eigenvalue weighted by Gasteiger charge is 2.45.